The molecule has 0 saturated heterocycles. The second kappa shape index (κ2) is 8.45. The summed E-state index contributed by atoms with van der Waals surface area (Å²) in [5.74, 6) is -2.36. The second-order valence-electron chi connectivity index (χ2n) is 7.46. The molecule has 3 atom stereocenters. The largest absolute Gasteiger partial charge is 0.507 e. The van der Waals surface area contributed by atoms with E-state index in [1.807, 2.05) is 30.3 Å². The Kier molecular flexibility index (Phi) is 5.98. The van der Waals surface area contributed by atoms with Gasteiger partial charge >= 0.3 is 5.97 Å². The summed E-state index contributed by atoms with van der Waals surface area (Å²) in [5, 5.41) is 24.8. The first-order valence-corrected chi connectivity index (χ1v) is 9.32. The summed E-state index contributed by atoms with van der Waals surface area (Å²) in [6.45, 7) is 1.68. The zero-order valence-electron chi connectivity index (χ0n) is 16.3. The number of para-hydroxylation sites is 1. The summed E-state index contributed by atoms with van der Waals surface area (Å²) in [5.41, 5.74) is 2.56. The summed E-state index contributed by atoms with van der Waals surface area (Å²) in [6, 6.07) is 15.5. The minimum Gasteiger partial charge on any atom is -0.507 e. The molecule has 0 aromatic heterocycles. The lowest BCUT2D eigenvalue weighted by Gasteiger charge is -2.39. The van der Waals surface area contributed by atoms with Gasteiger partial charge in [-0.25, -0.2) is 5.43 Å². The number of phenolic OH excluding ortho intramolecular Hbond substituents is 1. The molecular formula is C22H24N2O5. The van der Waals surface area contributed by atoms with Crippen LogP contribution < -0.4 is 5.43 Å². The molecular weight excluding hydrogens is 372 g/mol. The molecule has 0 aliphatic heterocycles. The molecule has 1 saturated carbocycles. The number of benzene rings is 2. The summed E-state index contributed by atoms with van der Waals surface area (Å²) in [6.07, 6.45) is 0.459. The fourth-order valence-electron chi connectivity index (χ4n) is 3.79. The van der Waals surface area contributed by atoms with E-state index in [1.54, 1.807) is 19.1 Å². The van der Waals surface area contributed by atoms with Crippen LogP contribution in [0.4, 0.5) is 0 Å². The van der Waals surface area contributed by atoms with Crippen molar-refractivity contribution < 1.29 is 24.5 Å². The lowest BCUT2D eigenvalue weighted by atomic mass is 9.68. The van der Waals surface area contributed by atoms with Crippen molar-refractivity contribution in [3.05, 3.63) is 65.7 Å². The number of rotatable bonds is 4. The zero-order chi connectivity index (χ0) is 21.0. The number of hydrogen-bond acceptors (Lipinski definition) is 6. The van der Waals surface area contributed by atoms with E-state index in [-0.39, 0.29) is 23.7 Å². The predicted octanol–water partition coefficient (Wildman–Crippen LogP) is 2.60. The molecule has 3 unspecified atom stereocenters. The smallest absolute Gasteiger partial charge is 0.315 e. The number of nitrogens with one attached hydrogen (secondary N) is 1. The molecule has 1 aliphatic carbocycles. The van der Waals surface area contributed by atoms with Crippen LogP contribution in [0.5, 0.6) is 5.75 Å². The highest BCUT2D eigenvalue weighted by Crippen LogP contribution is 2.41. The molecule has 2 aromatic rings. The molecule has 1 fully saturated rings. The first-order valence-electron chi connectivity index (χ1n) is 9.32. The van der Waals surface area contributed by atoms with Crippen LogP contribution >= 0.6 is 0 Å². The molecule has 152 valence electrons. The van der Waals surface area contributed by atoms with Crippen molar-refractivity contribution in [3.8, 4) is 5.75 Å². The topological polar surface area (TPSA) is 108 Å². The average Bonchev–Trinajstić information content (AvgIpc) is 2.71. The van der Waals surface area contributed by atoms with E-state index in [9.17, 15) is 19.8 Å². The van der Waals surface area contributed by atoms with Crippen molar-refractivity contribution in [2.45, 2.75) is 31.3 Å². The standard InChI is InChI=1S/C22H24N2O5/c1-22(28)12-16(14-8-4-3-5-9-14)19(21(27)29-2)17(13-22)23-24-20(26)15-10-6-7-11-18(15)25/h3-11,16,19,25,28H,12-13H2,1-2H3,(H,24,26). The van der Waals surface area contributed by atoms with Crippen LogP contribution in [-0.4, -0.2) is 40.5 Å². The molecule has 0 spiro atoms. The molecule has 7 heteroatoms. The maximum atomic E-state index is 12.6. The Morgan fingerprint density at radius 3 is 2.45 bits per heavy atom. The van der Waals surface area contributed by atoms with Crippen LogP contribution in [-0.2, 0) is 9.53 Å². The molecule has 29 heavy (non-hydrogen) atoms. The number of aliphatic hydroxyl groups is 1. The molecule has 0 radical (unpaired) electrons. The van der Waals surface area contributed by atoms with Gasteiger partial charge in [-0.1, -0.05) is 42.5 Å². The molecule has 0 bridgehead atoms. The van der Waals surface area contributed by atoms with Gasteiger partial charge in [0.1, 0.15) is 11.7 Å². The monoisotopic (exact) mass is 396 g/mol. The molecule has 1 amide bonds. The summed E-state index contributed by atoms with van der Waals surface area (Å²) in [4.78, 5) is 25.0. The minimum absolute atomic E-state index is 0.0636. The van der Waals surface area contributed by atoms with Gasteiger partial charge in [0.25, 0.3) is 5.91 Å². The number of methoxy groups -OCH3 is 1. The van der Waals surface area contributed by atoms with Crippen molar-refractivity contribution in [2.24, 2.45) is 11.0 Å². The van der Waals surface area contributed by atoms with Gasteiger partial charge in [0, 0.05) is 12.3 Å². The Morgan fingerprint density at radius 1 is 1.14 bits per heavy atom. The third kappa shape index (κ3) is 4.63. The van der Waals surface area contributed by atoms with E-state index in [0.29, 0.717) is 12.1 Å². The van der Waals surface area contributed by atoms with Crippen molar-refractivity contribution in [1.29, 1.82) is 0 Å². The SMILES string of the molecule is COC(=O)C1C(=NNC(=O)c2ccccc2O)CC(C)(O)CC1c1ccccc1. The Balaban J connectivity index is 1.95. The van der Waals surface area contributed by atoms with Crippen molar-refractivity contribution in [2.75, 3.05) is 7.11 Å². The minimum atomic E-state index is -1.11. The second-order valence-corrected chi connectivity index (χ2v) is 7.46. The fourth-order valence-corrected chi connectivity index (χ4v) is 3.79. The summed E-state index contributed by atoms with van der Waals surface area (Å²) in [7, 11) is 1.30. The highest BCUT2D eigenvalue weighted by Gasteiger charge is 2.45. The first kappa shape index (κ1) is 20.5. The number of aromatic hydroxyl groups is 1. The quantitative estimate of drug-likeness (QED) is 0.544. The van der Waals surface area contributed by atoms with Crippen molar-refractivity contribution in [3.63, 3.8) is 0 Å². The zero-order valence-corrected chi connectivity index (χ0v) is 16.3. The number of hydrazone groups is 1. The van der Waals surface area contributed by atoms with Gasteiger partial charge in [-0.05, 0) is 31.0 Å². The van der Waals surface area contributed by atoms with Crippen LogP contribution in [0.3, 0.4) is 0 Å². The van der Waals surface area contributed by atoms with E-state index in [4.69, 9.17) is 4.74 Å². The number of nitrogens with zero attached hydrogens (tertiary/aromatic N) is 1. The number of esters is 1. The first-order chi connectivity index (χ1) is 13.8. The van der Waals surface area contributed by atoms with Crippen LogP contribution in [0.25, 0.3) is 0 Å². The molecule has 3 rings (SSSR count). The van der Waals surface area contributed by atoms with Gasteiger partial charge < -0.3 is 14.9 Å². The number of hydrogen-bond donors (Lipinski definition) is 3. The van der Waals surface area contributed by atoms with Gasteiger partial charge in [-0.2, -0.15) is 5.10 Å². The molecule has 7 nitrogen and oxygen atoms in total. The fraction of sp³-hybridized carbons (Fsp3) is 0.318. The van der Waals surface area contributed by atoms with Crippen LogP contribution in [0, 0.1) is 5.92 Å². The Labute approximate surface area is 169 Å². The Morgan fingerprint density at radius 2 is 1.79 bits per heavy atom. The van der Waals surface area contributed by atoms with Gasteiger partial charge in [-0.15, -0.1) is 0 Å². The van der Waals surface area contributed by atoms with E-state index >= 15 is 0 Å². The average molecular weight is 396 g/mol. The molecule has 2 aromatic carbocycles. The van der Waals surface area contributed by atoms with Gasteiger partial charge in [-0.3, -0.25) is 9.59 Å². The van der Waals surface area contributed by atoms with Gasteiger partial charge in [0.2, 0.25) is 0 Å². The maximum Gasteiger partial charge on any atom is 0.315 e. The van der Waals surface area contributed by atoms with E-state index in [2.05, 4.69) is 10.5 Å². The van der Waals surface area contributed by atoms with E-state index < -0.39 is 23.4 Å². The molecule has 3 N–H and O–H groups in total. The van der Waals surface area contributed by atoms with Crippen LogP contribution in [0.1, 0.15) is 41.6 Å². The highest BCUT2D eigenvalue weighted by molar-refractivity contribution is 6.05. The predicted molar refractivity (Wildman–Crippen MR) is 108 cm³/mol. The van der Waals surface area contributed by atoms with Crippen LogP contribution in [0.2, 0.25) is 0 Å². The maximum absolute atomic E-state index is 12.6. The van der Waals surface area contributed by atoms with Crippen molar-refractivity contribution >= 4 is 17.6 Å². The summed E-state index contributed by atoms with van der Waals surface area (Å²) >= 11 is 0. The number of carbonyl (C=O) groups is 2. The lowest BCUT2D eigenvalue weighted by Crippen LogP contribution is -2.46. The van der Waals surface area contributed by atoms with Gasteiger partial charge in [0.05, 0.1) is 24.0 Å². The lowest BCUT2D eigenvalue weighted by molar-refractivity contribution is -0.144. The van der Waals surface area contributed by atoms with Crippen molar-refractivity contribution in [1.82, 2.24) is 5.43 Å². The number of amides is 1. The highest BCUT2D eigenvalue weighted by atomic mass is 16.5. The Hall–Kier alpha value is -3.19. The third-order valence-electron chi connectivity index (χ3n) is 5.12. The van der Waals surface area contributed by atoms with Gasteiger partial charge in [0.15, 0.2) is 0 Å². The number of ether oxygens (including phenoxy) is 1. The third-order valence-corrected chi connectivity index (χ3v) is 5.12. The van der Waals surface area contributed by atoms with Crippen LogP contribution in [0.15, 0.2) is 59.7 Å². The normalized spacial score (nSPS) is 25.4. The molecule has 1 aliphatic rings. The summed E-state index contributed by atoms with van der Waals surface area (Å²) < 4.78 is 5.00. The number of phenols is 1. The molecule has 0 heterocycles. The number of carbonyl (C=O) groups excluding carboxylic acids is 2. The van der Waals surface area contributed by atoms with E-state index in [1.165, 1.54) is 19.2 Å². The van der Waals surface area contributed by atoms with E-state index in [0.717, 1.165) is 5.56 Å². The Bertz CT molecular complexity index is 924.